The van der Waals surface area contributed by atoms with Gasteiger partial charge in [-0.25, -0.2) is 0 Å². The van der Waals surface area contributed by atoms with Gasteiger partial charge in [0.1, 0.15) is 0 Å². The predicted molar refractivity (Wildman–Crippen MR) is 88.1 cm³/mol. The molecule has 0 unspecified atom stereocenters. The maximum Gasteiger partial charge on any atom is 0.231 e. The Bertz CT molecular complexity index is 615. The molecule has 124 valence electrons. The minimum absolute atomic E-state index is 0.190. The van der Waals surface area contributed by atoms with Gasteiger partial charge < -0.3 is 19.1 Å². The van der Waals surface area contributed by atoms with E-state index in [4.69, 9.17) is 14.2 Å². The molecule has 0 radical (unpaired) electrons. The summed E-state index contributed by atoms with van der Waals surface area (Å²) in [7, 11) is 0. The van der Waals surface area contributed by atoms with E-state index in [0.717, 1.165) is 48.9 Å². The maximum atomic E-state index is 12.5. The van der Waals surface area contributed by atoms with Gasteiger partial charge in [-0.15, -0.1) is 11.8 Å². The zero-order chi connectivity index (χ0) is 15.9. The minimum atomic E-state index is 0.190. The van der Waals surface area contributed by atoms with Crippen LogP contribution >= 0.6 is 11.8 Å². The van der Waals surface area contributed by atoms with Crippen LogP contribution in [-0.4, -0.2) is 53.9 Å². The summed E-state index contributed by atoms with van der Waals surface area (Å²) in [6.45, 7) is 4.78. The molecule has 0 saturated carbocycles. The lowest BCUT2D eigenvalue weighted by atomic mass is 9.92. The molecule has 0 bridgehead atoms. The Balaban J connectivity index is 1.32. The van der Waals surface area contributed by atoms with Crippen molar-refractivity contribution in [3.63, 3.8) is 0 Å². The number of carbonyl (C=O) groups is 1. The number of ether oxygens (including phenoxy) is 3. The van der Waals surface area contributed by atoms with Crippen molar-refractivity contribution in [3.8, 4) is 11.5 Å². The number of fused-ring (bicyclic) bond motifs is 1. The highest BCUT2D eigenvalue weighted by Crippen LogP contribution is 2.46. The second-order valence-electron chi connectivity index (χ2n) is 6.39. The van der Waals surface area contributed by atoms with Gasteiger partial charge in [-0.3, -0.25) is 4.79 Å². The van der Waals surface area contributed by atoms with Crippen LogP contribution in [0.2, 0.25) is 0 Å². The van der Waals surface area contributed by atoms with Crippen LogP contribution in [0.15, 0.2) is 18.2 Å². The lowest BCUT2D eigenvalue weighted by Crippen LogP contribution is -2.61. The van der Waals surface area contributed by atoms with Gasteiger partial charge in [-0.2, -0.15) is 0 Å². The van der Waals surface area contributed by atoms with E-state index in [0.29, 0.717) is 12.5 Å². The lowest BCUT2D eigenvalue weighted by Gasteiger charge is -2.47. The fourth-order valence-corrected chi connectivity index (χ4v) is 5.08. The Morgan fingerprint density at radius 1 is 1.39 bits per heavy atom. The first-order valence-corrected chi connectivity index (χ1v) is 9.08. The van der Waals surface area contributed by atoms with Crippen molar-refractivity contribution in [2.75, 3.05) is 32.2 Å². The molecule has 6 heteroatoms. The molecule has 1 aromatic carbocycles. The molecular formula is C17H21NO4S. The van der Waals surface area contributed by atoms with E-state index in [1.807, 2.05) is 41.8 Å². The Hall–Kier alpha value is -1.40. The Labute approximate surface area is 140 Å². The van der Waals surface area contributed by atoms with E-state index in [2.05, 4.69) is 0 Å². The fraction of sp³-hybridized carbons (Fsp3) is 0.588. The Morgan fingerprint density at radius 3 is 3.04 bits per heavy atom. The van der Waals surface area contributed by atoms with Crippen LogP contribution in [-0.2, 0) is 16.0 Å². The van der Waals surface area contributed by atoms with Crippen molar-refractivity contribution in [1.29, 1.82) is 0 Å². The first-order valence-electron chi connectivity index (χ1n) is 8.09. The number of likely N-dealkylation sites (tertiary alicyclic amines) is 1. The molecule has 2 saturated heterocycles. The molecule has 0 aromatic heterocycles. The van der Waals surface area contributed by atoms with Crippen molar-refractivity contribution in [2.45, 2.75) is 30.6 Å². The van der Waals surface area contributed by atoms with Crippen molar-refractivity contribution < 1.29 is 19.0 Å². The van der Waals surface area contributed by atoms with Gasteiger partial charge >= 0.3 is 0 Å². The summed E-state index contributed by atoms with van der Waals surface area (Å²) in [6, 6.07) is 5.73. The third kappa shape index (κ3) is 2.90. The lowest BCUT2D eigenvalue weighted by molar-refractivity contribution is -0.136. The van der Waals surface area contributed by atoms with Crippen LogP contribution in [0.25, 0.3) is 0 Å². The second kappa shape index (κ2) is 5.91. The summed E-state index contributed by atoms with van der Waals surface area (Å²) < 4.78 is 16.6. The molecule has 3 aliphatic heterocycles. The number of hydrogen-bond acceptors (Lipinski definition) is 5. The molecule has 3 heterocycles. The first kappa shape index (κ1) is 15.1. The number of nitrogens with zero attached hydrogens (tertiary/aromatic N) is 1. The number of amides is 1. The van der Waals surface area contributed by atoms with Crippen LogP contribution in [0.3, 0.4) is 0 Å². The van der Waals surface area contributed by atoms with Gasteiger partial charge in [-0.05, 0) is 31.0 Å². The predicted octanol–water partition coefficient (Wildman–Crippen LogP) is 2.08. The third-order valence-electron chi connectivity index (χ3n) is 4.68. The highest BCUT2D eigenvalue weighted by Gasteiger charge is 2.50. The molecule has 5 nitrogen and oxygen atoms in total. The van der Waals surface area contributed by atoms with E-state index in [-0.39, 0.29) is 17.4 Å². The average molecular weight is 335 g/mol. The summed E-state index contributed by atoms with van der Waals surface area (Å²) in [4.78, 5) is 14.4. The number of rotatable bonds is 4. The molecule has 0 aliphatic carbocycles. The third-order valence-corrected chi connectivity index (χ3v) is 6.26. The van der Waals surface area contributed by atoms with Gasteiger partial charge in [0, 0.05) is 25.4 Å². The van der Waals surface area contributed by atoms with Gasteiger partial charge in [0.05, 0.1) is 17.3 Å². The number of benzene rings is 1. The topological polar surface area (TPSA) is 48.0 Å². The smallest absolute Gasteiger partial charge is 0.231 e. The SMILES string of the molecule is CCO[C@H]1CSC2(C1)CN(C(=O)Cc1ccc3c(c1)OCO3)C2. The van der Waals surface area contributed by atoms with E-state index in [9.17, 15) is 4.79 Å². The highest BCUT2D eigenvalue weighted by atomic mass is 32.2. The molecule has 1 amide bonds. The molecule has 4 rings (SSSR count). The monoisotopic (exact) mass is 335 g/mol. The molecule has 0 N–H and O–H groups in total. The quantitative estimate of drug-likeness (QED) is 0.843. The van der Waals surface area contributed by atoms with Gasteiger partial charge in [0.2, 0.25) is 12.7 Å². The molecule has 23 heavy (non-hydrogen) atoms. The van der Waals surface area contributed by atoms with Gasteiger partial charge in [0.15, 0.2) is 11.5 Å². The molecule has 1 spiro atoms. The van der Waals surface area contributed by atoms with Gasteiger partial charge in [0.25, 0.3) is 0 Å². The summed E-state index contributed by atoms with van der Waals surface area (Å²) in [5.41, 5.74) is 0.978. The molecule has 1 aromatic rings. The van der Waals surface area contributed by atoms with Crippen LogP contribution in [0, 0.1) is 0 Å². The van der Waals surface area contributed by atoms with E-state index >= 15 is 0 Å². The fourth-order valence-electron chi connectivity index (χ4n) is 3.53. The second-order valence-corrected chi connectivity index (χ2v) is 7.88. The Kier molecular flexibility index (Phi) is 3.89. The van der Waals surface area contributed by atoms with Crippen LogP contribution in [0.4, 0.5) is 0 Å². The van der Waals surface area contributed by atoms with Crippen LogP contribution in [0.5, 0.6) is 11.5 Å². The van der Waals surface area contributed by atoms with Crippen molar-refractivity contribution >= 4 is 17.7 Å². The first-order chi connectivity index (χ1) is 11.2. The van der Waals surface area contributed by atoms with Crippen molar-refractivity contribution in [2.24, 2.45) is 0 Å². The van der Waals surface area contributed by atoms with Crippen molar-refractivity contribution in [1.82, 2.24) is 4.90 Å². The summed E-state index contributed by atoms with van der Waals surface area (Å²) >= 11 is 1.97. The minimum Gasteiger partial charge on any atom is -0.454 e. The molecule has 2 fully saturated rings. The highest BCUT2D eigenvalue weighted by molar-refractivity contribution is 8.01. The Morgan fingerprint density at radius 2 is 2.22 bits per heavy atom. The van der Waals surface area contributed by atoms with Crippen LogP contribution < -0.4 is 9.47 Å². The van der Waals surface area contributed by atoms with E-state index in [1.165, 1.54) is 0 Å². The molecule has 1 atom stereocenters. The van der Waals surface area contributed by atoms with Crippen LogP contribution in [0.1, 0.15) is 18.9 Å². The molecular weight excluding hydrogens is 314 g/mol. The maximum absolute atomic E-state index is 12.5. The van der Waals surface area contributed by atoms with Gasteiger partial charge in [-0.1, -0.05) is 6.07 Å². The number of hydrogen-bond donors (Lipinski definition) is 0. The standard InChI is InChI=1S/C17H21NO4S/c1-2-20-13-7-17(23-8-13)9-18(10-17)16(19)6-12-3-4-14-15(5-12)22-11-21-14/h3-5,13H,2,6-11H2,1H3/t13-/m1/s1. The summed E-state index contributed by atoms with van der Waals surface area (Å²) in [5.74, 6) is 2.74. The number of thioether (sulfide) groups is 1. The van der Waals surface area contributed by atoms with Crippen molar-refractivity contribution in [3.05, 3.63) is 23.8 Å². The van der Waals surface area contributed by atoms with E-state index in [1.54, 1.807) is 0 Å². The average Bonchev–Trinajstić information content (AvgIpc) is 3.12. The zero-order valence-electron chi connectivity index (χ0n) is 13.2. The molecule has 3 aliphatic rings. The summed E-state index contributed by atoms with van der Waals surface area (Å²) in [6.07, 6.45) is 1.85. The van der Waals surface area contributed by atoms with E-state index < -0.39 is 0 Å². The normalized spacial score (nSPS) is 24.0. The number of carbonyl (C=O) groups excluding carboxylic acids is 1. The zero-order valence-corrected chi connectivity index (χ0v) is 14.1. The summed E-state index contributed by atoms with van der Waals surface area (Å²) in [5, 5.41) is 0. The largest absolute Gasteiger partial charge is 0.454 e.